The van der Waals surface area contributed by atoms with Crippen LogP contribution in [0.5, 0.6) is 5.75 Å². The van der Waals surface area contributed by atoms with Gasteiger partial charge in [-0.1, -0.05) is 35.4 Å². The van der Waals surface area contributed by atoms with Gasteiger partial charge in [-0.2, -0.15) is 0 Å². The minimum Gasteiger partial charge on any atom is -0.489 e. The van der Waals surface area contributed by atoms with Crippen LogP contribution in [0.15, 0.2) is 42.5 Å². The van der Waals surface area contributed by atoms with Crippen LogP contribution in [0.4, 0.5) is 4.39 Å². The van der Waals surface area contributed by atoms with E-state index in [0.717, 1.165) is 5.56 Å². The first-order valence-electron chi connectivity index (χ1n) is 5.59. The maximum Gasteiger partial charge on any atom is 0.126 e. The van der Waals surface area contributed by atoms with Gasteiger partial charge in [0.05, 0.1) is 0 Å². The molecule has 0 N–H and O–H groups in total. The van der Waals surface area contributed by atoms with Crippen LogP contribution in [0, 0.1) is 19.7 Å². The number of hydrogen-bond donors (Lipinski definition) is 0. The number of benzene rings is 2. The monoisotopic (exact) mass is 230 g/mol. The average molecular weight is 230 g/mol. The Morgan fingerprint density at radius 2 is 1.71 bits per heavy atom. The standard InChI is InChI=1S/C15H15FO/c1-11-6-12(2)8-13(7-11)10-17-15-5-3-4-14(16)9-15/h3-9H,10H2,1-2H3. The summed E-state index contributed by atoms with van der Waals surface area (Å²) in [6.45, 7) is 4.57. The molecule has 0 amide bonds. The lowest BCUT2D eigenvalue weighted by Crippen LogP contribution is -1.96. The van der Waals surface area contributed by atoms with Crippen molar-refractivity contribution >= 4 is 0 Å². The van der Waals surface area contributed by atoms with E-state index >= 15 is 0 Å². The van der Waals surface area contributed by atoms with Crippen LogP contribution >= 0.6 is 0 Å². The Bertz CT molecular complexity index is 500. The van der Waals surface area contributed by atoms with E-state index in [1.165, 1.54) is 23.3 Å². The minimum atomic E-state index is -0.275. The summed E-state index contributed by atoms with van der Waals surface area (Å²) in [6.07, 6.45) is 0. The Kier molecular flexibility index (Phi) is 3.43. The maximum absolute atomic E-state index is 12.9. The lowest BCUT2D eigenvalue weighted by Gasteiger charge is -2.08. The molecule has 0 saturated carbocycles. The van der Waals surface area contributed by atoms with Crippen molar-refractivity contribution in [3.63, 3.8) is 0 Å². The molecule has 0 aromatic heterocycles. The maximum atomic E-state index is 12.9. The predicted octanol–water partition coefficient (Wildman–Crippen LogP) is 4.02. The summed E-state index contributed by atoms with van der Waals surface area (Å²) in [5.41, 5.74) is 3.53. The van der Waals surface area contributed by atoms with Crippen molar-refractivity contribution in [3.05, 3.63) is 65.0 Å². The first-order valence-corrected chi connectivity index (χ1v) is 5.59. The fourth-order valence-electron chi connectivity index (χ4n) is 1.88. The van der Waals surface area contributed by atoms with Gasteiger partial charge in [0.15, 0.2) is 0 Å². The Balaban J connectivity index is 2.07. The molecule has 1 nitrogen and oxygen atoms in total. The lowest BCUT2D eigenvalue weighted by atomic mass is 10.1. The molecule has 88 valence electrons. The van der Waals surface area contributed by atoms with Crippen LogP contribution in [0.2, 0.25) is 0 Å². The van der Waals surface area contributed by atoms with E-state index in [1.54, 1.807) is 12.1 Å². The summed E-state index contributed by atoms with van der Waals surface area (Å²) in [6, 6.07) is 12.5. The molecule has 0 aliphatic carbocycles. The van der Waals surface area contributed by atoms with E-state index in [0.29, 0.717) is 12.4 Å². The molecule has 0 spiro atoms. The number of hydrogen-bond acceptors (Lipinski definition) is 1. The molecule has 0 aliphatic heterocycles. The Hall–Kier alpha value is -1.83. The summed E-state index contributed by atoms with van der Waals surface area (Å²) < 4.78 is 18.5. The van der Waals surface area contributed by atoms with E-state index in [4.69, 9.17) is 4.74 Å². The fraction of sp³-hybridized carbons (Fsp3) is 0.200. The van der Waals surface area contributed by atoms with Crippen LogP contribution in [0.3, 0.4) is 0 Å². The predicted molar refractivity (Wildman–Crippen MR) is 66.6 cm³/mol. The number of ether oxygens (including phenoxy) is 1. The molecule has 2 aromatic rings. The normalized spacial score (nSPS) is 10.3. The largest absolute Gasteiger partial charge is 0.489 e. The summed E-state index contributed by atoms with van der Waals surface area (Å²) in [5.74, 6) is 0.284. The molecule has 0 saturated heterocycles. The number of halogens is 1. The SMILES string of the molecule is Cc1cc(C)cc(COc2cccc(F)c2)c1. The molecule has 2 aromatic carbocycles. The van der Waals surface area contributed by atoms with Crippen molar-refractivity contribution in [3.8, 4) is 5.75 Å². The second-order valence-electron chi connectivity index (χ2n) is 4.24. The molecule has 2 rings (SSSR count). The van der Waals surface area contributed by atoms with Gasteiger partial charge in [0.25, 0.3) is 0 Å². The van der Waals surface area contributed by atoms with Crippen LogP contribution in [0.1, 0.15) is 16.7 Å². The second kappa shape index (κ2) is 5.00. The summed E-state index contributed by atoms with van der Waals surface area (Å²) in [5, 5.41) is 0. The van der Waals surface area contributed by atoms with Gasteiger partial charge in [0.2, 0.25) is 0 Å². The molecule has 17 heavy (non-hydrogen) atoms. The molecule has 0 heterocycles. The van der Waals surface area contributed by atoms with Gasteiger partial charge < -0.3 is 4.74 Å². The highest BCUT2D eigenvalue weighted by molar-refractivity contribution is 5.29. The molecule has 0 radical (unpaired) electrons. The zero-order valence-corrected chi connectivity index (χ0v) is 10.0. The van der Waals surface area contributed by atoms with Crippen molar-refractivity contribution in [2.75, 3.05) is 0 Å². The molecule has 2 heteroatoms. The van der Waals surface area contributed by atoms with E-state index in [2.05, 4.69) is 32.0 Å². The van der Waals surface area contributed by atoms with E-state index < -0.39 is 0 Å². The topological polar surface area (TPSA) is 9.23 Å². The lowest BCUT2D eigenvalue weighted by molar-refractivity contribution is 0.304. The first-order chi connectivity index (χ1) is 8.13. The number of rotatable bonds is 3. The van der Waals surface area contributed by atoms with Crippen LogP contribution in [0.25, 0.3) is 0 Å². The van der Waals surface area contributed by atoms with Crippen molar-refractivity contribution in [2.24, 2.45) is 0 Å². The third-order valence-electron chi connectivity index (χ3n) is 2.48. The molecule has 0 unspecified atom stereocenters. The fourth-order valence-corrected chi connectivity index (χ4v) is 1.88. The molecule has 0 bridgehead atoms. The highest BCUT2D eigenvalue weighted by atomic mass is 19.1. The van der Waals surface area contributed by atoms with Crippen molar-refractivity contribution < 1.29 is 9.13 Å². The van der Waals surface area contributed by atoms with Gasteiger partial charge in [-0.25, -0.2) is 4.39 Å². The first kappa shape index (κ1) is 11.6. The zero-order valence-electron chi connectivity index (χ0n) is 10.0. The van der Waals surface area contributed by atoms with E-state index in [-0.39, 0.29) is 5.82 Å². The molecule has 0 aliphatic rings. The second-order valence-corrected chi connectivity index (χ2v) is 4.24. The Morgan fingerprint density at radius 3 is 2.35 bits per heavy atom. The van der Waals surface area contributed by atoms with Crippen molar-refractivity contribution in [1.82, 2.24) is 0 Å². The quantitative estimate of drug-likeness (QED) is 0.773. The molecule has 0 fully saturated rings. The van der Waals surface area contributed by atoms with Gasteiger partial charge in [-0.3, -0.25) is 0 Å². The summed E-state index contributed by atoms with van der Waals surface area (Å²) in [7, 11) is 0. The summed E-state index contributed by atoms with van der Waals surface area (Å²) in [4.78, 5) is 0. The Morgan fingerprint density at radius 1 is 1.00 bits per heavy atom. The number of aryl methyl sites for hydroxylation is 2. The third kappa shape index (κ3) is 3.31. The smallest absolute Gasteiger partial charge is 0.126 e. The van der Waals surface area contributed by atoms with E-state index in [1.807, 2.05) is 0 Å². The van der Waals surface area contributed by atoms with Gasteiger partial charge in [-0.05, 0) is 31.5 Å². The van der Waals surface area contributed by atoms with Gasteiger partial charge in [-0.15, -0.1) is 0 Å². The van der Waals surface area contributed by atoms with E-state index in [9.17, 15) is 4.39 Å². The Labute approximate surface area is 101 Å². The van der Waals surface area contributed by atoms with Crippen molar-refractivity contribution in [1.29, 1.82) is 0 Å². The van der Waals surface area contributed by atoms with Crippen LogP contribution in [-0.4, -0.2) is 0 Å². The third-order valence-corrected chi connectivity index (χ3v) is 2.48. The molecule has 0 atom stereocenters. The minimum absolute atomic E-state index is 0.275. The molecular weight excluding hydrogens is 215 g/mol. The van der Waals surface area contributed by atoms with Gasteiger partial charge >= 0.3 is 0 Å². The van der Waals surface area contributed by atoms with Crippen LogP contribution < -0.4 is 4.74 Å². The summed E-state index contributed by atoms with van der Waals surface area (Å²) >= 11 is 0. The van der Waals surface area contributed by atoms with Gasteiger partial charge in [0.1, 0.15) is 18.2 Å². The van der Waals surface area contributed by atoms with Crippen LogP contribution in [-0.2, 0) is 6.61 Å². The highest BCUT2D eigenvalue weighted by Gasteiger charge is 1.99. The molecular formula is C15H15FO. The zero-order chi connectivity index (χ0) is 12.3. The highest BCUT2D eigenvalue weighted by Crippen LogP contribution is 2.15. The van der Waals surface area contributed by atoms with Crippen molar-refractivity contribution in [2.45, 2.75) is 20.5 Å². The van der Waals surface area contributed by atoms with Gasteiger partial charge in [0, 0.05) is 6.07 Å². The average Bonchev–Trinajstić information content (AvgIpc) is 2.25.